The molecule has 1 amide bonds. The minimum atomic E-state index is -0.206. The van der Waals surface area contributed by atoms with Crippen molar-refractivity contribution in [2.24, 2.45) is 0 Å². The number of hydrogen-bond acceptors (Lipinski definition) is 4. The normalized spacial score (nSPS) is 17.3. The van der Waals surface area contributed by atoms with Crippen molar-refractivity contribution in [1.82, 2.24) is 10.3 Å². The third kappa shape index (κ3) is 2.63. The van der Waals surface area contributed by atoms with E-state index in [0.717, 1.165) is 30.5 Å². The summed E-state index contributed by atoms with van der Waals surface area (Å²) < 4.78 is 5.38. The zero-order valence-electron chi connectivity index (χ0n) is 12.3. The maximum Gasteiger partial charge on any atom is 0.289 e. The lowest BCUT2D eigenvalue weighted by Crippen LogP contribution is -2.31. The van der Waals surface area contributed by atoms with Crippen molar-refractivity contribution < 1.29 is 9.21 Å². The van der Waals surface area contributed by atoms with E-state index in [1.807, 2.05) is 18.2 Å². The Morgan fingerprint density at radius 3 is 2.95 bits per heavy atom. The maximum atomic E-state index is 12.4. The second kappa shape index (κ2) is 5.24. The van der Waals surface area contributed by atoms with Gasteiger partial charge in [-0.05, 0) is 49.4 Å². The van der Waals surface area contributed by atoms with Gasteiger partial charge in [0.1, 0.15) is 0 Å². The van der Waals surface area contributed by atoms with E-state index in [1.165, 1.54) is 5.56 Å². The van der Waals surface area contributed by atoms with Gasteiger partial charge in [-0.3, -0.25) is 4.79 Å². The van der Waals surface area contributed by atoms with Crippen LogP contribution in [0, 0.1) is 13.8 Å². The number of benzene rings is 1. The molecular weight excluding hydrogens is 266 g/mol. The molecule has 2 aromatic rings. The molecule has 5 heteroatoms. The molecule has 1 aliphatic rings. The van der Waals surface area contributed by atoms with Crippen molar-refractivity contribution in [3.63, 3.8) is 0 Å². The zero-order valence-corrected chi connectivity index (χ0v) is 12.3. The highest BCUT2D eigenvalue weighted by Crippen LogP contribution is 2.31. The standard InChI is InChI=1S/C16H19N3O2/c1-9-15(21-10(2)18-9)16(20)19-14-5-3-4-11-8-12(17)6-7-13(11)14/h6-8,14H,3-5,17H2,1-2H3,(H,19,20). The molecular formula is C16H19N3O2. The fraction of sp³-hybridized carbons (Fsp3) is 0.375. The average Bonchev–Trinajstić information content (AvgIpc) is 2.77. The third-order valence-electron chi connectivity index (χ3n) is 3.90. The lowest BCUT2D eigenvalue weighted by Gasteiger charge is -2.26. The van der Waals surface area contributed by atoms with E-state index in [1.54, 1.807) is 13.8 Å². The van der Waals surface area contributed by atoms with E-state index in [0.29, 0.717) is 17.3 Å². The molecule has 21 heavy (non-hydrogen) atoms. The fourth-order valence-electron chi connectivity index (χ4n) is 2.95. The van der Waals surface area contributed by atoms with Crippen LogP contribution in [-0.4, -0.2) is 10.9 Å². The van der Waals surface area contributed by atoms with Crippen LogP contribution in [-0.2, 0) is 6.42 Å². The SMILES string of the molecule is Cc1nc(C)c(C(=O)NC2CCCc3cc(N)ccc32)o1. The Bertz CT molecular complexity index is 691. The molecule has 3 N–H and O–H groups in total. The van der Waals surface area contributed by atoms with Gasteiger partial charge in [0.2, 0.25) is 5.76 Å². The Morgan fingerprint density at radius 2 is 2.24 bits per heavy atom. The molecule has 0 saturated heterocycles. The number of hydrogen-bond donors (Lipinski definition) is 2. The summed E-state index contributed by atoms with van der Waals surface area (Å²) in [7, 11) is 0. The number of aromatic nitrogens is 1. The first-order chi connectivity index (χ1) is 10.0. The Kier molecular flexibility index (Phi) is 3.41. The largest absolute Gasteiger partial charge is 0.436 e. The van der Waals surface area contributed by atoms with Crippen LogP contribution in [0.15, 0.2) is 22.6 Å². The van der Waals surface area contributed by atoms with E-state index in [2.05, 4.69) is 10.3 Å². The number of anilines is 1. The van der Waals surface area contributed by atoms with Crippen LogP contribution in [0.5, 0.6) is 0 Å². The smallest absolute Gasteiger partial charge is 0.289 e. The summed E-state index contributed by atoms with van der Waals surface area (Å²) in [5, 5.41) is 3.05. The maximum absolute atomic E-state index is 12.4. The summed E-state index contributed by atoms with van der Waals surface area (Å²) in [5.41, 5.74) is 9.59. The van der Waals surface area contributed by atoms with Gasteiger partial charge < -0.3 is 15.5 Å². The van der Waals surface area contributed by atoms with Gasteiger partial charge >= 0.3 is 0 Å². The monoisotopic (exact) mass is 285 g/mol. The highest BCUT2D eigenvalue weighted by Gasteiger charge is 2.24. The molecule has 1 aromatic carbocycles. The number of carbonyl (C=O) groups excluding carboxylic acids is 1. The first kappa shape index (κ1) is 13.7. The van der Waals surface area contributed by atoms with Gasteiger partial charge in [-0.25, -0.2) is 4.98 Å². The number of oxazole rings is 1. The number of nitrogens with one attached hydrogen (secondary N) is 1. The third-order valence-corrected chi connectivity index (χ3v) is 3.90. The number of nitrogens with zero attached hydrogens (tertiary/aromatic N) is 1. The molecule has 3 rings (SSSR count). The van der Waals surface area contributed by atoms with Crippen molar-refractivity contribution in [3.8, 4) is 0 Å². The number of fused-ring (bicyclic) bond motifs is 1. The van der Waals surface area contributed by atoms with Crippen LogP contribution in [0.2, 0.25) is 0 Å². The van der Waals surface area contributed by atoms with E-state index in [4.69, 9.17) is 10.2 Å². The van der Waals surface area contributed by atoms with Crippen LogP contribution < -0.4 is 11.1 Å². The van der Waals surface area contributed by atoms with Crippen molar-refractivity contribution in [3.05, 3.63) is 46.7 Å². The second-order valence-corrected chi connectivity index (χ2v) is 5.52. The van der Waals surface area contributed by atoms with E-state index in [-0.39, 0.29) is 11.9 Å². The number of aryl methyl sites for hydroxylation is 3. The number of rotatable bonds is 2. The van der Waals surface area contributed by atoms with Crippen LogP contribution >= 0.6 is 0 Å². The molecule has 0 saturated carbocycles. The predicted molar refractivity (Wildman–Crippen MR) is 80.0 cm³/mol. The van der Waals surface area contributed by atoms with Crippen molar-refractivity contribution in [2.45, 2.75) is 39.2 Å². The van der Waals surface area contributed by atoms with E-state index >= 15 is 0 Å². The fourth-order valence-corrected chi connectivity index (χ4v) is 2.95. The Hall–Kier alpha value is -2.30. The molecule has 110 valence electrons. The molecule has 1 atom stereocenters. The Balaban J connectivity index is 1.83. The minimum absolute atomic E-state index is 0.00616. The quantitative estimate of drug-likeness (QED) is 0.831. The van der Waals surface area contributed by atoms with Crippen molar-refractivity contribution >= 4 is 11.6 Å². The second-order valence-electron chi connectivity index (χ2n) is 5.52. The molecule has 0 aliphatic heterocycles. The van der Waals surface area contributed by atoms with Crippen molar-refractivity contribution in [2.75, 3.05) is 5.73 Å². The number of carbonyl (C=O) groups is 1. The molecule has 0 spiro atoms. The highest BCUT2D eigenvalue weighted by molar-refractivity contribution is 5.92. The molecule has 0 fully saturated rings. The summed E-state index contributed by atoms with van der Waals surface area (Å²) in [5.74, 6) is 0.604. The molecule has 0 radical (unpaired) electrons. The van der Waals surface area contributed by atoms with Crippen LogP contribution in [0.4, 0.5) is 5.69 Å². The summed E-state index contributed by atoms with van der Waals surface area (Å²) in [4.78, 5) is 16.5. The summed E-state index contributed by atoms with van der Waals surface area (Å²) >= 11 is 0. The lowest BCUT2D eigenvalue weighted by atomic mass is 9.87. The van der Waals surface area contributed by atoms with Gasteiger partial charge in [-0.2, -0.15) is 0 Å². The lowest BCUT2D eigenvalue weighted by molar-refractivity contribution is 0.0902. The van der Waals surface area contributed by atoms with Crippen LogP contribution in [0.3, 0.4) is 0 Å². The van der Waals surface area contributed by atoms with Gasteiger partial charge in [0.05, 0.1) is 11.7 Å². The summed E-state index contributed by atoms with van der Waals surface area (Å²) in [6.07, 6.45) is 2.97. The topological polar surface area (TPSA) is 81.2 Å². The van der Waals surface area contributed by atoms with Crippen molar-refractivity contribution in [1.29, 1.82) is 0 Å². The van der Waals surface area contributed by atoms with Crippen LogP contribution in [0.25, 0.3) is 0 Å². The van der Waals surface area contributed by atoms with Gasteiger partial charge in [-0.15, -0.1) is 0 Å². The molecule has 1 aliphatic carbocycles. The number of nitrogens with two attached hydrogens (primary N) is 1. The molecule has 1 unspecified atom stereocenters. The molecule has 1 aromatic heterocycles. The predicted octanol–water partition coefficient (Wildman–Crippen LogP) is 2.68. The average molecular weight is 285 g/mol. The number of nitrogen functional groups attached to an aromatic ring is 1. The molecule has 5 nitrogen and oxygen atoms in total. The summed E-state index contributed by atoms with van der Waals surface area (Å²) in [6.45, 7) is 3.52. The van der Waals surface area contributed by atoms with Crippen LogP contribution in [0.1, 0.15) is 52.1 Å². The molecule has 1 heterocycles. The van der Waals surface area contributed by atoms with E-state index in [9.17, 15) is 4.79 Å². The highest BCUT2D eigenvalue weighted by atomic mass is 16.4. The number of amides is 1. The van der Waals surface area contributed by atoms with Gasteiger partial charge in [-0.1, -0.05) is 6.07 Å². The zero-order chi connectivity index (χ0) is 15.0. The van der Waals surface area contributed by atoms with E-state index < -0.39 is 0 Å². The first-order valence-corrected chi connectivity index (χ1v) is 7.18. The molecule has 0 bridgehead atoms. The van der Waals surface area contributed by atoms with Gasteiger partial charge in [0, 0.05) is 12.6 Å². The summed E-state index contributed by atoms with van der Waals surface area (Å²) in [6, 6.07) is 5.89. The minimum Gasteiger partial charge on any atom is -0.436 e. The Labute approximate surface area is 123 Å². The van der Waals surface area contributed by atoms with Gasteiger partial charge in [0.15, 0.2) is 5.89 Å². The Morgan fingerprint density at radius 1 is 1.43 bits per heavy atom. The first-order valence-electron chi connectivity index (χ1n) is 7.18. The van der Waals surface area contributed by atoms with Gasteiger partial charge in [0.25, 0.3) is 5.91 Å².